The van der Waals surface area contributed by atoms with Crippen LogP contribution in [0.3, 0.4) is 0 Å². The van der Waals surface area contributed by atoms with Crippen molar-refractivity contribution in [1.82, 2.24) is 10.6 Å². The second-order valence-electron chi connectivity index (χ2n) is 6.02. The van der Waals surface area contributed by atoms with E-state index < -0.39 is 5.97 Å². The summed E-state index contributed by atoms with van der Waals surface area (Å²) in [5.74, 6) is 2.45. The van der Waals surface area contributed by atoms with Gasteiger partial charge in [0.25, 0.3) is 5.97 Å². The molecule has 0 aromatic heterocycles. The van der Waals surface area contributed by atoms with Crippen LogP contribution in [0.1, 0.15) is 47.0 Å². The van der Waals surface area contributed by atoms with Gasteiger partial charge in [-0.1, -0.05) is 20.8 Å². The third kappa shape index (κ3) is 8.81. The van der Waals surface area contributed by atoms with Crippen molar-refractivity contribution in [3.63, 3.8) is 0 Å². The fraction of sp³-hybridized carbons (Fsp3) is 0.889. The molecule has 0 spiro atoms. The maximum Gasteiger partial charge on any atom is 0.280 e. The molecule has 0 fully saturated rings. The van der Waals surface area contributed by atoms with Gasteiger partial charge in [0.2, 0.25) is 0 Å². The third-order valence-electron chi connectivity index (χ3n) is 3.74. The van der Waals surface area contributed by atoms with Crippen molar-refractivity contribution in [2.24, 2.45) is 0 Å². The molecule has 0 aromatic carbocycles. The minimum atomic E-state index is -0.996. The zero-order valence-electron chi connectivity index (χ0n) is 16.0. The summed E-state index contributed by atoms with van der Waals surface area (Å²) < 4.78 is 19.8. The molecule has 0 aromatic rings. The molecule has 1 atom stereocenters. The minimum Gasteiger partial charge on any atom is -0.375 e. The molecule has 1 aliphatic rings. The third-order valence-corrected chi connectivity index (χ3v) is 3.74. The lowest BCUT2D eigenvalue weighted by molar-refractivity contribution is -0.530. The normalized spacial score (nSPS) is 23.0. The molecule has 1 unspecified atom stereocenters. The first-order valence-electron chi connectivity index (χ1n) is 9.37. The molecule has 0 bridgehead atoms. The van der Waals surface area contributed by atoms with Gasteiger partial charge in [-0.2, -0.15) is 4.58 Å². The van der Waals surface area contributed by atoms with Gasteiger partial charge < -0.3 is 24.8 Å². The number of allylic oxidation sites excluding steroid dienone is 1. The van der Waals surface area contributed by atoms with E-state index in [0.717, 1.165) is 51.1 Å². The van der Waals surface area contributed by atoms with Crippen molar-refractivity contribution in [1.29, 1.82) is 0 Å². The lowest BCUT2D eigenvalue weighted by Crippen LogP contribution is -2.40. The monoisotopic (exact) mass is 342 g/mol. The molecule has 140 valence electrons. The van der Waals surface area contributed by atoms with Crippen LogP contribution in [0.5, 0.6) is 0 Å². The zero-order chi connectivity index (χ0) is 17.7. The topological polar surface area (TPSA) is 54.8 Å². The minimum absolute atomic E-state index is 0.526. The quantitative estimate of drug-likeness (QED) is 0.493. The van der Waals surface area contributed by atoms with Crippen LogP contribution >= 0.6 is 0 Å². The molecule has 6 heteroatoms. The van der Waals surface area contributed by atoms with Crippen LogP contribution in [0.15, 0.2) is 5.70 Å². The van der Waals surface area contributed by atoms with Crippen LogP contribution < -0.4 is 10.6 Å². The molecule has 6 nitrogen and oxygen atoms in total. The summed E-state index contributed by atoms with van der Waals surface area (Å²) in [6.07, 6.45) is 3.13. The van der Waals surface area contributed by atoms with Gasteiger partial charge in [0.05, 0.1) is 13.2 Å². The van der Waals surface area contributed by atoms with Gasteiger partial charge in [0, 0.05) is 26.4 Å². The largest absolute Gasteiger partial charge is 0.375 e. The molecule has 1 heterocycles. The SMILES string of the molecule is CCCNCCOC1(C)OCCNC(CC)=C=[N+](CCC)CCO1. The van der Waals surface area contributed by atoms with E-state index in [4.69, 9.17) is 14.2 Å². The predicted octanol–water partition coefficient (Wildman–Crippen LogP) is 1.70. The number of ether oxygens (including phenoxy) is 3. The predicted molar refractivity (Wildman–Crippen MR) is 96.5 cm³/mol. The smallest absolute Gasteiger partial charge is 0.280 e. The van der Waals surface area contributed by atoms with E-state index in [-0.39, 0.29) is 0 Å². The molecule has 24 heavy (non-hydrogen) atoms. The average Bonchev–Trinajstić information content (AvgIpc) is 2.60. The number of hydrogen-bond donors (Lipinski definition) is 2. The molecule has 0 saturated carbocycles. The van der Waals surface area contributed by atoms with Crippen molar-refractivity contribution in [3.8, 4) is 0 Å². The van der Waals surface area contributed by atoms with Gasteiger partial charge in [-0.25, -0.2) is 0 Å². The Bertz CT molecular complexity index is 408. The van der Waals surface area contributed by atoms with Gasteiger partial charge in [-0.05, 0) is 19.4 Å². The highest BCUT2D eigenvalue weighted by Crippen LogP contribution is 2.14. The van der Waals surface area contributed by atoms with Crippen LogP contribution in [0.4, 0.5) is 0 Å². The Kier molecular flexibility index (Phi) is 11.0. The molecule has 1 rings (SSSR count). The lowest BCUT2D eigenvalue weighted by Gasteiger charge is -2.29. The first-order valence-corrected chi connectivity index (χ1v) is 9.37. The van der Waals surface area contributed by atoms with Gasteiger partial charge in [0.1, 0.15) is 12.3 Å². The van der Waals surface area contributed by atoms with Crippen molar-refractivity contribution < 1.29 is 18.8 Å². The Balaban J connectivity index is 2.59. The summed E-state index contributed by atoms with van der Waals surface area (Å²) >= 11 is 0. The first-order chi connectivity index (χ1) is 11.6. The second-order valence-corrected chi connectivity index (χ2v) is 6.02. The molecule has 2 N–H and O–H groups in total. The number of rotatable bonds is 9. The zero-order valence-corrected chi connectivity index (χ0v) is 16.0. The Morgan fingerprint density at radius 2 is 2.00 bits per heavy atom. The summed E-state index contributed by atoms with van der Waals surface area (Å²) in [7, 11) is 0. The Labute approximate surface area is 147 Å². The summed E-state index contributed by atoms with van der Waals surface area (Å²) in [6.45, 7) is 14.2. The number of hydrogen-bond acceptors (Lipinski definition) is 5. The van der Waals surface area contributed by atoms with Crippen molar-refractivity contribution in [2.45, 2.75) is 52.9 Å². The molecule has 0 aliphatic carbocycles. The van der Waals surface area contributed by atoms with Gasteiger partial charge in [0.15, 0.2) is 19.0 Å². The van der Waals surface area contributed by atoms with Gasteiger partial charge >= 0.3 is 0 Å². The van der Waals surface area contributed by atoms with Crippen LogP contribution in [-0.4, -0.2) is 69.0 Å². The fourth-order valence-electron chi connectivity index (χ4n) is 2.44. The van der Waals surface area contributed by atoms with E-state index in [0.29, 0.717) is 26.4 Å². The maximum absolute atomic E-state index is 5.92. The van der Waals surface area contributed by atoms with Crippen molar-refractivity contribution in [3.05, 3.63) is 5.70 Å². The average molecular weight is 343 g/mol. The van der Waals surface area contributed by atoms with E-state index in [1.54, 1.807) is 0 Å². The van der Waals surface area contributed by atoms with Gasteiger partial charge in [-0.15, -0.1) is 0 Å². The highest BCUT2D eigenvalue weighted by molar-refractivity contribution is 5.51. The Morgan fingerprint density at radius 1 is 1.21 bits per heavy atom. The van der Waals surface area contributed by atoms with Crippen LogP contribution in [0.2, 0.25) is 0 Å². The molecular formula is C18H36N3O3+. The Morgan fingerprint density at radius 3 is 2.71 bits per heavy atom. The lowest BCUT2D eigenvalue weighted by atomic mass is 10.3. The molecular weight excluding hydrogens is 306 g/mol. The van der Waals surface area contributed by atoms with Crippen LogP contribution in [0, 0.1) is 0 Å². The molecule has 1 aliphatic heterocycles. The molecule has 0 amide bonds. The standard InChI is InChI=1S/C18H36N3O3/c1-5-8-19-9-13-22-18(4)23-14-10-20-17(7-3)16-21(11-6-2)12-15-24-18/h19-20H,5-15H2,1-4H3/q+1. The van der Waals surface area contributed by atoms with Crippen molar-refractivity contribution in [2.75, 3.05) is 52.5 Å². The summed E-state index contributed by atoms with van der Waals surface area (Å²) in [4.78, 5) is 0. The molecule has 0 saturated heterocycles. The highest BCUT2D eigenvalue weighted by atomic mass is 16.9. The van der Waals surface area contributed by atoms with E-state index >= 15 is 0 Å². The van der Waals surface area contributed by atoms with Crippen LogP contribution in [-0.2, 0) is 14.2 Å². The highest BCUT2D eigenvalue weighted by Gasteiger charge is 2.28. The Hall–Kier alpha value is -0.910. The van der Waals surface area contributed by atoms with E-state index in [1.165, 1.54) is 0 Å². The van der Waals surface area contributed by atoms with Crippen molar-refractivity contribution >= 4 is 5.87 Å². The first kappa shape index (κ1) is 21.1. The van der Waals surface area contributed by atoms with Gasteiger partial charge in [-0.3, -0.25) is 0 Å². The maximum atomic E-state index is 5.92. The van der Waals surface area contributed by atoms with E-state index in [9.17, 15) is 0 Å². The fourth-order valence-corrected chi connectivity index (χ4v) is 2.44. The number of nitrogens with zero attached hydrogens (tertiary/aromatic N) is 1. The van der Waals surface area contributed by atoms with E-state index in [2.05, 4.69) is 41.9 Å². The molecule has 0 radical (unpaired) electrons. The second kappa shape index (κ2) is 12.5. The summed E-state index contributed by atoms with van der Waals surface area (Å²) in [5, 5.41) is 6.71. The van der Waals surface area contributed by atoms with E-state index in [1.807, 2.05) is 6.92 Å². The summed E-state index contributed by atoms with van der Waals surface area (Å²) in [6, 6.07) is 0. The summed E-state index contributed by atoms with van der Waals surface area (Å²) in [5.41, 5.74) is 1.11. The van der Waals surface area contributed by atoms with Crippen LogP contribution in [0.25, 0.3) is 0 Å². The number of nitrogens with one attached hydrogen (secondary N) is 2.